The normalized spacial score (nSPS) is 20.2. The van der Waals surface area contributed by atoms with Gasteiger partial charge in [0.1, 0.15) is 22.7 Å². The van der Waals surface area contributed by atoms with Gasteiger partial charge in [-0.3, -0.25) is 4.79 Å². The highest BCUT2D eigenvalue weighted by atomic mass is 16.7. The van der Waals surface area contributed by atoms with Gasteiger partial charge in [0.15, 0.2) is 13.6 Å². The van der Waals surface area contributed by atoms with Crippen molar-refractivity contribution in [2.24, 2.45) is 0 Å². The summed E-state index contributed by atoms with van der Waals surface area (Å²) in [6.45, 7) is 6.22. The molecule has 2 atom stereocenters. The summed E-state index contributed by atoms with van der Waals surface area (Å²) in [5.41, 5.74) is 1.02. The van der Waals surface area contributed by atoms with Crippen LogP contribution in [0.5, 0.6) is 17.2 Å². The van der Waals surface area contributed by atoms with Crippen LogP contribution in [0.25, 0.3) is 0 Å². The Bertz CT molecular complexity index is 876. The van der Waals surface area contributed by atoms with Crippen molar-refractivity contribution in [2.45, 2.75) is 31.1 Å². The Morgan fingerprint density at radius 1 is 1.03 bits per heavy atom. The molecule has 1 aliphatic rings. The smallest absolute Gasteiger partial charge is 0.322 e. The summed E-state index contributed by atoms with van der Waals surface area (Å²) in [6.07, 6.45) is 3.07. The number of benzene rings is 2. The summed E-state index contributed by atoms with van der Waals surface area (Å²) in [5, 5.41) is 0. The lowest BCUT2D eigenvalue weighted by Crippen LogP contribution is -2.47. The van der Waals surface area contributed by atoms with Gasteiger partial charge in [-0.15, -0.1) is 6.58 Å². The van der Waals surface area contributed by atoms with E-state index in [0.29, 0.717) is 30.1 Å². The third kappa shape index (κ3) is 4.06. The van der Waals surface area contributed by atoms with E-state index in [2.05, 4.69) is 6.58 Å². The van der Waals surface area contributed by atoms with Gasteiger partial charge in [0.25, 0.3) is 0 Å². The molecule has 0 spiro atoms. The molecule has 0 radical (unpaired) electrons. The van der Waals surface area contributed by atoms with Crippen LogP contribution in [0.2, 0.25) is 0 Å². The number of ether oxygens (including phenoxy) is 5. The van der Waals surface area contributed by atoms with Crippen LogP contribution in [0.4, 0.5) is 0 Å². The van der Waals surface area contributed by atoms with E-state index in [0.717, 1.165) is 11.1 Å². The molecule has 2 aromatic rings. The minimum Gasteiger partial charge on any atom is -0.468 e. The molecule has 2 unspecified atom stereocenters. The van der Waals surface area contributed by atoms with Crippen molar-refractivity contribution in [3.8, 4) is 17.2 Å². The second-order valence-electron chi connectivity index (χ2n) is 7.12. The Balaban J connectivity index is 2.03. The zero-order chi connectivity index (χ0) is 21.6. The monoisotopic (exact) mass is 412 g/mol. The summed E-state index contributed by atoms with van der Waals surface area (Å²) in [4.78, 5) is 13.4. The van der Waals surface area contributed by atoms with E-state index in [1.54, 1.807) is 20.3 Å². The Morgan fingerprint density at radius 3 is 2.27 bits per heavy atom. The molecule has 2 aromatic carbocycles. The van der Waals surface area contributed by atoms with Crippen molar-refractivity contribution >= 4 is 5.97 Å². The molecule has 0 saturated carbocycles. The molecular formula is C24H28O6. The molecule has 0 aromatic heterocycles. The second-order valence-corrected chi connectivity index (χ2v) is 7.12. The number of fused-ring (bicyclic) bond motifs is 1. The third-order valence-electron chi connectivity index (χ3n) is 5.54. The molecule has 0 N–H and O–H groups in total. The van der Waals surface area contributed by atoms with Crippen molar-refractivity contribution < 1.29 is 28.5 Å². The van der Waals surface area contributed by atoms with Gasteiger partial charge in [-0.05, 0) is 36.6 Å². The average Bonchev–Trinajstić information content (AvgIpc) is 2.77. The average molecular weight is 412 g/mol. The molecule has 0 saturated heterocycles. The van der Waals surface area contributed by atoms with Crippen LogP contribution in [0.1, 0.15) is 36.8 Å². The zero-order valence-corrected chi connectivity index (χ0v) is 17.7. The summed E-state index contributed by atoms with van der Waals surface area (Å²) in [5.74, 6) is 1.39. The molecule has 0 aliphatic carbocycles. The highest BCUT2D eigenvalue weighted by Crippen LogP contribution is 2.51. The predicted octanol–water partition coefficient (Wildman–Crippen LogP) is 4.58. The lowest BCUT2D eigenvalue weighted by atomic mass is 9.63. The lowest BCUT2D eigenvalue weighted by Gasteiger charge is -2.42. The first kappa shape index (κ1) is 21.9. The SMILES string of the molecule is C=CCC1c2ccc(OCOC)cc2OC(=O)C1(CC)c1ccc(OCOC)cc1. The van der Waals surface area contributed by atoms with Crippen molar-refractivity contribution in [1.29, 1.82) is 0 Å². The van der Waals surface area contributed by atoms with Gasteiger partial charge in [0.05, 0.1) is 0 Å². The maximum absolute atomic E-state index is 13.4. The summed E-state index contributed by atoms with van der Waals surface area (Å²) in [6, 6.07) is 13.1. The fourth-order valence-corrected chi connectivity index (χ4v) is 4.09. The fourth-order valence-electron chi connectivity index (χ4n) is 4.09. The maximum atomic E-state index is 13.4. The van der Waals surface area contributed by atoms with Gasteiger partial charge >= 0.3 is 5.97 Å². The first-order valence-electron chi connectivity index (χ1n) is 9.91. The van der Waals surface area contributed by atoms with E-state index < -0.39 is 5.41 Å². The van der Waals surface area contributed by atoms with Gasteiger partial charge in [0, 0.05) is 31.8 Å². The molecule has 0 bridgehead atoms. The minimum absolute atomic E-state index is 0.113. The van der Waals surface area contributed by atoms with Crippen LogP contribution in [0.3, 0.4) is 0 Å². The number of allylic oxidation sites excluding steroid dienone is 1. The standard InChI is InChI=1S/C24H28O6/c1-5-7-21-20-13-12-19(29-16-27-4)14-22(20)30-23(25)24(21,6-2)17-8-10-18(11-9-17)28-15-26-3/h5,8-14,21H,1,6-7,15-16H2,2-4H3. The van der Waals surface area contributed by atoms with E-state index >= 15 is 0 Å². The molecule has 0 fully saturated rings. The highest BCUT2D eigenvalue weighted by Gasteiger charge is 2.51. The summed E-state index contributed by atoms with van der Waals surface area (Å²) in [7, 11) is 3.13. The van der Waals surface area contributed by atoms with Crippen LogP contribution in [0, 0.1) is 0 Å². The van der Waals surface area contributed by atoms with Crippen molar-refractivity contribution in [1.82, 2.24) is 0 Å². The van der Waals surface area contributed by atoms with Gasteiger partial charge < -0.3 is 23.7 Å². The second kappa shape index (κ2) is 9.78. The molecule has 6 heteroatoms. The molecule has 0 amide bonds. The van der Waals surface area contributed by atoms with Gasteiger partial charge in [-0.1, -0.05) is 31.2 Å². The minimum atomic E-state index is -0.824. The number of carbonyl (C=O) groups is 1. The van der Waals surface area contributed by atoms with Gasteiger partial charge in [-0.2, -0.15) is 0 Å². The zero-order valence-electron chi connectivity index (χ0n) is 17.7. The Morgan fingerprint density at radius 2 is 1.67 bits per heavy atom. The molecule has 30 heavy (non-hydrogen) atoms. The summed E-state index contributed by atoms with van der Waals surface area (Å²) >= 11 is 0. The third-order valence-corrected chi connectivity index (χ3v) is 5.54. The number of esters is 1. The van der Waals surface area contributed by atoms with E-state index in [1.165, 1.54) is 0 Å². The van der Waals surface area contributed by atoms with E-state index in [4.69, 9.17) is 23.7 Å². The van der Waals surface area contributed by atoms with E-state index in [-0.39, 0.29) is 25.5 Å². The molecule has 160 valence electrons. The number of methoxy groups -OCH3 is 2. The number of rotatable bonds is 10. The molecule has 1 heterocycles. The lowest BCUT2D eigenvalue weighted by molar-refractivity contribution is -0.144. The van der Waals surface area contributed by atoms with Crippen molar-refractivity contribution in [3.05, 3.63) is 66.2 Å². The van der Waals surface area contributed by atoms with Crippen molar-refractivity contribution in [2.75, 3.05) is 27.8 Å². The number of carbonyl (C=O) groups excluding carboxylic acids is 1. The van der Waals surface area contributed by atoms with Gasteiger partial charge in [0.2, 0.25) is 0 Å². The number of hydrogen-bond acceptors (Lipinski definition) is 6. The van der Waals surface area contributed by atoms with Crippen LogP contribution in [0.15, 0.2) is 55.1 Å². The largest absolute Gasteiger partial charge is 0.468 e. The van der Waals surface area contributed by atoms with Crippen LogP contribution in [-0.4, -0.2) is 33.8 Å². The predicted molar refractivity (Wildman–Crippen MR) is 113 cm³/mol. The molecule has 6 nitrogen and oxygen atoms in total. The van der Waals surface area contributed by atoms with Crippen LogP contribution < -0.4 is 14.2 Å². The number of hydrogen-bond donors (Lipinski definition) is 0. The maximum Gasteiger partial charge on any atom is 0.322 e. The molecule has 3 rings (SSSR count). The highest BCUT2D eigenvalue weighted by molar-refractivity contribution is 5.89. The Hall–Kier alpha value is -2.83. The fraction of sp³-hybridized carbons (Fsp3) is 0.375. The molecule has 1 aliphatic heterocycles. The topological polar surface area (TPSA) is 63.2 Å². The Kier molecular flexibility index (Phi) is 7.13. The van der Waals surface area contributed by atoms with Crippen LogP contribution in [-0.2, 0) is 19.7 Å². The van der Waals surface area contributed by atoms with E-state index in [9.17, 15) is 4.79 Å². The quantitative estimate of drug-likeness (QED) is 0.246. The van der Waals surface area contributed by atoms with E-state index in [1.807, 2.05) is 49.4 Å². The first-order valence-corrected chi connectivity index (χ1v) is 9.91. The van der Waals surface area contributed by atoms with Gasteiger partial charge in [-0.25, -0.2) is 0 Å². The Labute approximate surface area is 177 Å². The molecular weight excluding hydrogens is 384 g/mol. The van der Waals surface area contributed by atoms with Crippen molar-refractivity contribution in [3.63, 3.8) is 0 Å². The summed E-state index contributed by atoms with van der Waals surface area (Å²) < 4.78 is 26.7. The first-order chi connectivity index (χ1) is 14.6. The van der Waals surface area contributed by atoms with Crippen LogP contribution >= 0.6 is 0 Å².